The van der Waals surface area contributed by atoms with Crippen molar-refractivity contribution in [2.75, 3.05) is 32.9 Å². The maximum Gasteiger partial charge on any atom is 0.407 e. The van der Waals surface area contributed by atoms with E-state index in [1.807, 2.05) is 20.8 Å². The van der Waals surface area contributed by atoms with Gasteiger partial charge in [-0.15, -0.1) is 0 Å². The molecular weight excluding hydrogens is 300 g/mol. The van der Waals surface area contributed by atoms with Gasteiger partial charge in [0.2, 0.25) is 5.91 Å². The predicted molar refractivity (Wildman–Crippen MR) is 86.2 cm³/mol. The minimum atomic E-state index is -0.539. The lowest BCUT2D eigenvalue weighted by molar-refractivity contribution is -0.120. The summed E-state index contributed by atoms with van der Waals surface area (Å²) in [6, 6.07) is 0. The number of ether oxygens (including phenoxy) is 3. The molecule has 0 saturated carbocycles. The summed E-state index contributed by atoms with van der Waals surface area (Å²) < 4.78 is 16.6. The lowest BCUT2D eigenvalue weighted by Crippen LogP contribution is -2.50. The maximum atomic E-state index is 11.8. The van der Waals surface area contributed by atoms with Crippen LogP contribution in [0.2, 0.25) is 0 Å². The number of rotatable bonds is 7. The molecule has 132 valence electrons. The molecule has 0 atom stereocenters. The summed E-state index contributed by atoms with van der Waals surface area (Å²) in [6.07, 6.45) is 2.11. The summed E-state index contributed by atoms with van der Waals surface area (Å²) >= 11 is 0. The quantitative estimate of drug-likeness (QED) is 0.545. The smallest absolute Gasteiger partial charge is 0.407 e. The molecule has 2 N–H and O–H groups in total. The van der Waals surface area contributed by atoms with Crippen LogP contribution in [0.4, 0.5) is 4.79 Å². The van der Waals surface area contributed by atoms with E-state index in [9.17, 15) is 9.59 Å². The fourth-order valence-corrected chi connectivity index (χ4v) is 2.18. The largest absolute Gasteiger partial charge is 0.444 e. The molecule has 0 unspecified atom stereocenters. The molecule has 1 saturated heterocycles. The van der Waals surface area contributed by atoms with E-state index in [4.69, 9.17) is 14.2 Å². The molecule has 0 aliphatic carbocycles. The number of carbonyl (C=O) groups is 2. The van der Waals surface area contributed by atoms with Crippen LogP contribution in [-0.4, -0.2) is 56.1 Å². The number of nitrogens with one attached hydrogen (secondary N) is 2. The van der Waals surface area contributed by atoms with Gasteiger partial charge in [-0.25, -0.2) is 4.79 Å². The van der Waals surface area contributed by atoms with E-state index in [1.165, 1.54) is 6.08 Å². The number of hydrogen-bond acceptors (Lipinski definition) is 5. The van der Waals surface area contributed by atoms with Crippen LogP contribution < -0.4 is 10.6 Å². The third kappa shape index (κ3) is 7.99. The number of amides is 2. The summed E-state index contributed by atoms with van der Waals surface area (Å²) in [4.78, 5) is 22.9. The van der Waals surface area contributed by atoms with Crippen LogP contribution in [-0.2, 0) is 19.0 Å². The third-order valence-corrected chi connectivity index (χ3v) is 3.35. The van der Waals surface area contributed by atoms with Crippen LogP contribution in [0.3, 0.4) is 0 Å². The zero-order valence-electron chi connectivity index (χ0n) is 14.3. The van der Waals surface area contributed by atoms with Crippen molar-refractivity contribution < 1.29 is 23.8 Å². The Morgan fingerprint density at radius 3 is 2.48 bits per heavy atom. The van der Waals surface area contributed by atoms with Gasteiger partial charge in [-0.05, 0) is 26.8 Å². The van der Waals surface area contributed by atoms with Crippen molar-refractivity contribution in [1.29, 1.82) is 0 Å². The van der Waals surface area contributed by atoms with Crippen LogP contribution >= 0.6 is 0 Å². The minimum absolute atomic E-state index is 0.235. The first-order valence-corrected chi connectivity index (χ1v) is 7.85. The molecule has 0 aromatic carbocycles. The van der Waals surface area contributed by atoms with Crippen LogP contribution in [0.25, 0.3) is 0 Å². The first-order chi connectivity index (χ1) is 10.8. The van der Waals surface area contributed by atoms with Crippen molar-refractivity contribution in [1.82, 2.24) is 10.6 Å². The third-order valence-electron chi connectivity index (χ3n) is 3.35. The van der Waals surface area contributed by atoms with Crippen LogP contribution in [0.15, 0.2) is 12.7 Å². The van der Waals surface area contributed by atoms with Crippen LogP contribution in [0.5, 0.6) is 0 Å². The summed E-state index contributed by atoms with van der Waals surface area (Å²) in [5.74, 6) is -0.235. The fourth-order valence-electron chi connectivity index (χ4n) is 2.18. The molecule has 23 heavy (non-hydrogen) atoms. The van der Waals surface area contributed by atoms with Crippen molar-refractivity contribution in [2.45, 2.75) is 44.8 Å². The summed E-state index contributed by atoms with van der Waals surface area (Å²) in [6.45, 7) is 11.1. The highest BCUT2D eigenvalue weighted by atomic mass is 16.6. The van der Waals surface area contributed by atoms with Crippen molar-refractivity contribution in [3.05, 3.63) is 12.7 Å². The zero-order chi connectivity index (χ0) is 17.3. The standard InChI is InChI=1S/C16H28N2O5/c1-5-13(19)17-8-11-22-16(6-9-21-10-7-16)12-18-14(20)23-15(2,3)4/h5H,1,6-12H2,2-4H3,(H,17,19)(H,18,20). The first-order valence-electron chi connectivity index (χ1n) is 7.85. The lowest BCUT2D eigenvalue weighted by atomic mass is 9.94. The first kappa shape index (κ1) is 19.4. The molecule has 0 radical (unpaired) electrons. The average molecular weight is 328 g/mol. The molecule has 0 aromatic heterocycles. The Hall–Kier alpha value is -1.60. The Morgan fingerprint density at radius 1 is 1.26 bits per heavy atom. The van der Waals surface area contributed by atoms with Crippen molar-refractivity contribution in [2.24, 2.45) is 0 Å². The molecule has 1 aliphatic rings. The van der Waals surface area contributed by atoms with Crippen LogP contribution in [0, 0.1) is 0 Å². The summed E-state index contributed by atoms with van der Waals surface area (Å²) in [5.41, 5.74) is -1.03. The molecular formula is C16H28N2O5. The van der Waals surface area contributed by atoms with E-state index in [0.29, 0.717) is 45.8 Å². The Kier molecular flexibility index (Phi) is 7.51. The molecule has 1 fully saturated rings. The van der Waals surface area contributed by atoms with Gasteiger partial charge in [-0.3, -0.25) is 4.79 Å². The van der Waals surface area contributed by atoms with Gasteiger partial charge in [0.25, 0.3) is 0 Å². The second-order valence-electron chi connectivity index (χ2n) is 6.49. The molecule has 0 aromatic rings. The van der Waals surface area contributed by atoms with Crippen molar-refractivity contribution in [3.63, 3.8) is 0 Å². The highest BCUT2D eigenvalue weighted by molar-refractivity contribution is 5.86. The van der Waals surface area contributed by atoms with E-state index < -0.39 is 17.3 Å². The monoisotopic (exact) mass is 328 g/mol. The zero-order valence-corrected chi connectivity index (χ0v) is 14.3. The lowest BCUT2D eigenvalue weighted by Gasteiger charge is -2.37. The SMILES string of the molecule is C=CC(=O)NCCOC1(CNC(=O)OC(C)(C)C)CCOCC1. The molecule has 0 bridgehead atoms. The van der Waals surface area contributed by atoms with E-state index in [0.717, 1.165) is 0 Å². The summed E-state index contributed by atoms with van der Waals surface area (Å²) in [5, 5.41) is 5.43. The molecule has 2 amide bonds. The Morgan fingerprint density at radius 2 is 1.91 bits per heavy atom. The van der Waals surface area contributed by atoms with Crippen molar-refractivity contribution >= 4 is 12.0 Å². The van der Waals surface area contributed by atoms with E-state index in [2.05, 4.69) is 17.2 Å². The van der Waals surface area contributed by atoms with Gasteiger partial charge in [0.05, 0.1) is 18.8 Å². The van der Waals surface area contributed by atoms with Crippen LogP contribution in [0.1, 0.15) is 33.6 Å². The van der Waals surface area contributed by atoms with Gasteiger partial charge in [0, 0.05) is 32.6 Å². The molecule has 1 heterocycles. The fraction of sp³-hybridized carbons (Fsp3) is 0.750. The molecule has 1 rings (SSSR count). The van der Waals surface area contributed by atoms with E-state index >= 15 is 0 Å². The van der Waals surface area contributed by atoms with Gasteiger partial charge in [-0.1, -0.05) is 6.58 Å². The second-order valence-corrected chi connectivity index (χ2v) is 6.49. The molecule has 7 heteroatoms. The molecule has 0 spiro atoms. The normalized spacial score (nSPS) is 17.2. The Balaban J connectivity index is 2.45. The Labute approximate surface area is 137 Å². The van der Waals surface area contributed by atoms with Crippen molar-refractivity contribution in [3.8, 4) is 0 Å². The van der Waals surface area contributed by atoms with E-state index in [1.54, 1.807) is 0 Å². The van der Waals surface area contributed by atoms with Gasteiger partial charge in [0.15, 0.2) is 0 Å². The van der Waals surface area contributed by atoms with Gasteiger partial charge in [0.1, 0.15) is 5.60 Å². The number of alkyl carbamates (subject to hydrolysis) is 1. The Bertz CT molecular complexity index is 411. The second kappa shape index (κ2) is 8.88. The topological polar surface area (TPSA) is 85.9 Å². The van der Waals surface area contributed by atoms with E-state index in [-0.39, 0.29) is 5.91 Å². The number of carbonyl (C=O) groups excluding carboxylic acids is 2. The van der Waals surface area contributed by atoms with Gasteiger partial charge >= 0.3 is 6.09 Å². The highest BCUT2D eigenvalue weighted by Crippen LogP contribution is 2.24. The maximum absolute atomic E-state index is 11.8. The van der Waals surface area contributed by atoms with Gasteiger partial charge in [-0.2, -0.15) is 0 Å². The predicted octanol–water partition coefficient (Wildman–Crippen LogP) is 1.38. The number of hydrogen-bond donors (Lipinski definition) is 2. The average Bonchev–Trinajstić information content (AvgIpc) is 2.49. The summed E-state index contributed by atoms with van der Waals surface area (Å²) in [7, 11) is 0. The van der Waals surface area contributed by atoms with Gasteiger partial charge < -0.3 is 24.8 Å². The molecule has 7 nitrogen and oxygen atoms in total. The highest BCUT2D eigenvalue weighted by Gasteiger charge is 2.34. The molecule has 1 aliphatic heterocycles. The minimum Gasteiger partial charge on any atom is -0.444 e.